The van der Waals surface area contributed by atoms with Crippen LogP contribution in [-0.4, -0.2) is 37.7 Å². The average Bonchev–Trinajstić information content (AvgIpc) is 2.25. The van der Waals surface area contributed by atoms with Crippen LogP contribution in [0.2, 0.25) is 0 Å². The maximum atomic E-state index is 3.50. The van der Waals surface area contributed by atoms with Gasteiger partial charge in [-0.3, -0.25) is 0 Å². The van der Waals surface area contributed by atoms with Gasteiger partial charge in [-0.25, -0.2) is 0 Å². The lowest BCUT2D eigenvalue weighted by atomic mass is 9.99. The number of thioether (sulfide) groups is 1. The summed E-state index contributed by atoms with van der Waals surface area (Å²) < 4.78 is 0. The van der Waals surface area contributed by atoms with Crippen LogP contribution in [0.5, 0.6) is 0 Å². The second-order valence-electron chi connectivity index (χ2n) is 3.95. The third-order valence-electron chi connectivity index (χ3n) is 2.80. The summed E-state index contributed by atoms with van der Waals surface area (Å²) in [5.41, 5.74) is 0. The Morgan fingerprint density at radius 1 is 1.07 bits per heavy atom. The lowest BCUT2D eigenvalue weighted by Gasteiger charge is -2.21. The molecule has 0 aromatic carbocycles. The van der Waals surface area contributed by atoms with Crippen molar-refractivity contribution in [2.45, 2.75) is 26.2 Å². The fourth-order valence-electron chi connectivity index (χ4n) is 1.82. The quantitative estimate of drug-likeness (QED) is 0.634. The van der Waals surface area contributed by atoms with Gasteiger partial charge in [-0.2, -0.15) is 11.8 Å². The van der Waals surface area contributed by atoms with Crippen LogP contribution in [0, 0.1) is 5.92 Å². The molecule has 3 heteroatoms. The Hall–Kier alpha value is 0.270. The molecule has 2 N–H and O–H groups in total. The van der Waals surface area contributed by atoms with E-state index in [9.17, 15) is 0 Å². The minimum atomic E-state index is 1.00. The van der Waals surface area contributed by atoms with Gasteiger partial charge in [0.15, 0.2) is 0 Å². The monoisotopic (exact) mass is 216 g/mol. The van der Waals surface area contributed by atoms with Crippen LogP contribution in [0.3, 0.4) is 0 Å². The lowest BCUT2D eigenvalue weighted by molar-refractivity contribution is 0.436. The van der Waals surface area contributed by atoms with Crippen molar-refractivity contribution in [2.24, 2.45) is 5.92 Å². The van der Waals surface area contributed by atoms with Crippen molar-refractivity contribution in [2.75, 3.05) is 37.7 Å². The van der Waals surface area contributed by atoms with E-state index in [0.29, 0.717) is 0 Å². The van der Waals surface area contributed by atoms with Gasteiger partial charge < -0.3 is 10.6 Å². The highest BCUT2D eigenvalue weighted by Crippen LogP contribution is 2.24. The number of hydrogen-bond donors (Lipinski definition) is 2. The maximum absolute atomic E-state index is 3.50. The van der Waals surface area contributed by atoms with E-state index in [1.165, 1.54) is 37.3 Å². The zero-order valence-corrected chi connectivity index (χ0v) is 10.2. The van der Waals surface area contributed by atoms with Gasteiger partial charge in [-0.05, 0) is 49.8 Å². The minimum Gasteiger partial charge on any atom is -0.316 e. The van der Waals surface area contributed by atoms with Gasteiger partial charge in [0.05, 0.1) is 0 Å². The zero-order valence-electron chi connectivity index (χ0n) is 9.35. The van der Waals surface area contributed by atoms with E-state index in [0.717, 1.165) is 25.6 Å². The van der Waals surface area contributed by atoms with Crippen LogP contribution in [0.25, 0.3) is 0 Å². The number of rotatable bonds is 7. The summed E-state index contributed by atoms with van der Waals surface area (Å²) in [6, 6.07) is 0. The summed E-state index contributed by atoms with van der Waals surface area (Å²) in [6.07, 6.45) is 4.27. The molecule has 1 heterocycles. The fraction of sp³-hybridized carbons (Fsp3) is 1.00. The Morgan fingerprint density at radius 3 is 2.50 bits per heavy atom. The third-order valence-corrected chi connectivity index (χ3v) is 3.85. The van der Waals surface area contributed by atoms with Gasteiger partial charge >= 0.3 is 0 Å². The molecule has 1 rings (SSSR count). The molecule has 1 saturated heterocycles. The van der Waals surface area contributed by atoms with E-state index in [1.807, 2.05) is 0 Å². The highest BCUT2D eigenvalue weighted by atomic mass is 32.2. The summed E-state index contributed by atoms with van der Waals surface area (Å²) in [5, 5.41) is 6.82. The third kappa shape index (κ3) is 5.89. The first-order valence-corrected chi connectivity index (χ1v) is 7.08. The van der Waals surface area contributed by atoms with Crippen molar-refractivity contribution in [3.8, 4) is 0 Å². The molecule has 84 valence electrons. The van der Waals surface area contributed by atoms with Crippen LogP contribution in [-0.2, 0) is 0 Å². The molecule has 0 aromatic rings. The van der Waals surface area contributed by atoms with E-state index >= 15 is 0 Å². The number of likely N-dealkylation sites (N-methyl/N-ethyl adjacent to an activating group) is 1. The predicted octanol–water partition coefficient (Wildman–Crippen LogP) is 1.72. The summed E-state index contributed by atoms with van der Waals surface area (Å²) in [5.74, 6) is 3.78. The van der Waals surface area contributed by atoms with Crippen molar-refractivity contribution >= 4 is 11.8 Å². The number of nitrogens with one attached hydrogen (secondary N) is 2. The van der Waals surface area contributed by atoms with Crippen LogP contribution >= 0.6 is 11.8 Å². The predicted molar refractivity (Wildman–Crippen MR) is 66.1 cm³/mol. The van der Waals surface area contributed by atoms with E-state index in [-0.39, 0.29) is 0 Å². The van der Waals surface area contributed by atoms with Crippen molar-refractivity contribution in [1.29, 1.82) is 0 Å². The first-order chi connectivity index (χ1) is 6.93. The molecule has 1 aliphatic heterocycles. The molecule has 0 bridgehead atoms. The Bertz CT molecular complexity index is 124. The standard InChI is InChI=1S/C11H24N2S/c1-2-12-7-8-13-6-3-11-4-9-14-10-5-11/h11-13H,2-10H2,1H3. The van der Waals surface area contributed by atoms with Crippen LogP contribution in [0.4, 0.5) is 0 Å². The molecule has 0 amide bonds. The van der Waals surface area contributed by atoms with E-state index in [1.54, 1.807) is 0 Å². The van der Waals surface area contributed by atoms with Crippen LogP contribution in [0.1, 0.15) is 26.2 Å². The highest BCUT2D eigenvalue weighted by Gasteiger charge is 2.12. The second-order valence-corrected chi connectivity index (χ2v) is 5.17. The van der Waals surface area contributed by atoms with Gasteiger partial charge in [0.25, 0.3) is 0 Å². The number of hydrogen-bond acceptors (Lipinski definition) is 3. The van der Waals surface area contributed by atoms with Crippen molar-refractivity contribution in [3.63, 3.8) is 0 Å². The Kier molecular flexibility index (Phi) is 7.55. The van der Waals surface area contributed by atoms with Gasteiger partial charge in [-0.15, -0.1) is 0 Å². The first kappa shape index (κ1) is 12.3. The van der Waals surface area contributed by atoms with Gasteiger partial charge in [0, 0.05) is 13.1 Å². The first-order valence-electron chi connectivity index (χ1n) is 5.92. The van der Waals surface area contributed by atoms with E-state index < -0.39 is 0 Å². The van der Waals surface area contributed by atoms with Crippen molar-refractivity contribution in [1.82, 2.24) is 10.6 Å². The average molecular weight is 216 g/mol. The normalized spacial score (nSPS) is 18.6. The van der Waals surface area contributed by atoms with E-state index in [4.69, 9.17) is 0 Å². The molecule has 0 aliphatic carbocycles. The molecule has 0 radical (unpaired) electrons. The van der Waals surface area contributed by atoms with Crippen LogP contribution < -0.4 is 10.6 Å². The topological polar surface area (TPSA) is 24.1 Å². The zero-order chi connectivity index (χ0) is 10.1. The molecule has 1 aliphatic rings. The molecule has 0 atom stereocenters. The lowest BCUT2D eigenvalue weighted by Crippen LogP contribution is -2.29. The molecule has 0 aromatic heterocycles. The van der Waals surface area contributed by atoms with Crippen molar-refractivity contribution in [3.05, 3.63) is 0 Å². The van der Waals surface area contributed by atoms with Crippen molar-refractivity contribution < 1.29 is 0 Å². The van der Waals surface area contributed by atoms with E-state index in [2.05, 4.69) is 29.3 Å². The summed E-state index contributed by atoms with van der Waals surface area (Å²) >= 11 is 2.12. The highest BCUT2D eigenvalue weighted by molar-refractivity contribution is 7.99. The fourth-order valence-corrected chi connectivity index (χ4v) is 3.02. The SMILES string of the molecule is CCNCCNCCC1CCSCC1. The van der Waals surface area contributed by atoms with Gasteiger partial charge in [-0.1, -0.05) is 6.92 Å². The molecule has 2 nitrogen and oxygen atoms in total. The summed E-state index contributed by atoms with van der Waals surface area (Å²) in [6.45, 7) is 6.67. The molecule has 14 heavy (non-hydrogen) atoms. The molecule has 1 fully saturated rings. The minimum absolute atomic E-state index is 1.00. The molecule has 0 unspecified atom stereocenters. The molecule has 0 spiro atoms. The Labute approximate surface area is 92.6 Å². The van der Waals surface area contributed by atoms with Gasteiger partial charge in [0.2, 0.25) is 0 Å². The molecular formula is C11H24N2S. The summed E-state index contributed by atoms with van der Waals surface area (Å²) in [7, 11) is 0. The molecular weight excluding hydrogens is 192 g/mol. The Morgan fingerprint density at radius 2 is 1.79 bits per heavy atom. The maximum Gasteiger partial charge on any atom is 0.00767 e. The van der Waals surface area contributed by atoms with Crippen LogP contribution in [0.15, 0.2) is 0 Å². The Balaban J connectivity index is 1.82. The molecule has 0 saturated carbocycles. The smallest absolute Gasteiger partial charge is 0.00767 e. The second kappa shape index (κ2) is 8.57. The largest absolute Gasteiger partial charge is 0.316 e. The summed E-state index contributed by atoms with van der Waals surface area (Å²) in [4.78, 5) is 0. The van der Waals surface area contributed by atoms with Gasteiger partial charge in [0.1, 0.15) is 0 Å².